The highest BCUT2D eigenvalue weighted by Gasteiger charge is 2.28. The molecular formula is C47H74N6O9. The normalized spacial score (nSPS) is 11.7. The number of carbonyl (C=O) groups is 7. The second-order valence-electron chi connectivity index (χ2n) is 17.0. The molecule has 2 rings (SSSR count). The van der Waals surface area contributed by atoms with Gasteiger partial charge in [0.1, 0.15) is 12.6 Å². The van der Waals surface area contributed by atoms with E-state index < -0.39 is 35.0 Å². The van der Waals surface area contributed by atoms with Crippen LogP contribution in [0.4, 0.5) is 10.5 Å². The van der Waals surface area contributed by atoms with Crippen LogP contribution in [-0.2, 0) is 35.3 Å². The molecule has 0 aliphatic rings. The van der Waals surface area contributed by atoms with E-state index >= 15 is 0 Å². The van der Waals surface area contributed by atoms with Crippen LogP contribution in [0.1, 0.15) is 153 Å². The summed E-state index contributed by atoms with van der Waals surface area (Å²) < 4.78 is 11.2. The van der Waals surface area contributed by atoms with Crippen LogP contribution in [0, 0.1) is 11.8 Å². The topological polar surface area (TPSA) is 224 Å². The van der Waals surface area contributed by atoms with Crippen LogP contribution in [0.15, 0.2) is 48.5 Å². The Labute approximate surface area is 369 Å². The first-order valence-corrected chi connectivity index (χ1v) is 21.9. The number of hydrogen-bond donors (Lipinski definition) is 6. The van der Waals surface area contributed by atoms with Crippen molar-refractivity contribution in [2.75, 3.05) is 25.0 Å². The summed E-state index contributed by atoms with van der Waals surface area (Å²) in [6.07, 6.45) is 5.88. The molecule has 1 atom stereocenters. The number of esters is 1. The average molecular weight is 867 g/mol. The third-order valence-electron chi connectivity index (χ3n) is 9.87. The lowest BCUT2D eigenvalue weighted by Crippen LogP contribution is -2.51. The summed E-state index contributed by atoms with van der Waals surface area (Å²) in [6, 6.07) is 12.4. The number of primary amides is 1. The fraction of sp³-hybridized carbons (Fsp3) is 0.596. The molecule has 346 valence electrons. The Morgan fingerprint density at radius 1 is 0.742 bits per heavy atom. The summed E-state index contributed by atoms with van der Waals surface area (Å²) in [7, 11) is 0. The van der Waals surface area contributed by atoms with E-state index in [0.29, 0.717) is 49.2 Å². The van der Waals surface area contributed by atoms with E-state index in [9.17, 15) is 33.6 Å². The number of amides is 6. The summed E-state index contributed by atoms with van der Waals surface area (Å²) in [5, 5.41) is 13.6. The molecule has 0 saturated heterocycles. The van der Waals surface area contributed by atoms with E-state index in [0.717, 1.165) is 37.7 Å². The van der Waals surface area contributed by atoms with Crippen molar-refractivity contribution in [3.63, 3.8) is 0 Å². The van der Waals surface area contributed by atoms with Gasteiger partial charge in [-0.2, -0.15) is 0 Å². The van der Waals surface area contributed by atoms with Gasteiger partial charge in [0.2, 0.25) is 17.7 Å². The van der Waals surface area contributed by atoms with Gasteiger partial charge < -0.3 is 41.8 Å². The molecule has 0 saturated carbocycles. The van der Waals surface area contributed by atoms with Crippen LogP contribution in [0.25, 0.3) is 0 Å². The zero-order valence-corrected chi connectivity index (χ0v) is 38.8. The molecule has 0 spiro atoms. The minimum absolute atomic E-state index is 0.00654. The number of rotatable bonds is 26. The highest BCUT2D eigenvalue weighted by atomic mass is 16.5. The molecule has 2 aromatic rings. The van der Waals surface area contributed by atoms with Crippen LogP contribution in [0.2, 0.25) is 0 Å². The van der Waals surface area contributed by atoms with Crippen molar-refractivity contribution in [2.45, 2.75) is 151 Å². The lowest BCUT2D eigenvalue weighted by Gasteiger charge is -2.30. The number of ether oxygens (including phenoxy) is 2. The van der Waals surface area contributed by atoms with Gasteiger partial charge in [-0.25, -0.2) is 4.79 Å². The van der Waals surface area contributed by atoms with E-state index in [4.69, 9.17) is 15.2 Å². The lowest BCUT2D eigenvalue weighted by atomic mass is 9.89. The molecule has 0 aromatic heterocycles. The maximum atomic E-state index is 13.1. The van der Waals surface area contributed by atoms with Gasteiger partial charge in [-0.15, -0.1) is 0 Å². The molecule has 1 unspecified atom stereocenters. The molecule has 2 aromatic carbocycles. The maximum Gasteiger partial charge on any atom is 0.312 e. The number of carbonyl (C=O) groups excluding carboxylic acids is 7. The van der Waals surface area contributed by atoms with Gasteiger partial charge >= 0.3 is 12.0 Å². The van der Waals surface area contributed by atoms with Crippen LogP contribution in [0.5, 0.6) is 0 Å². The fourth-order valence-electron chi connectivity index (χ4n) is 6.10. The van der Waals surface area contributed by atoms with Crippen molar-refractivity contribution < 1.29 is 43.0 Å². The van der Waals surface area contributed by atoms with Gasteiger partial charge in [-0.1, -0.05) is 78.6 Å². The first-order chi connectivity index (χ1) is 29.2. The van der Waals surface area contributed by atoms with E-state index in [-0.39, 0.29) is 55.0 Å². The second-order valence-corrected chi connectivity index (χ2v) is 17.0. The second kappa shape index (κ2) is 28.3. The number of ketones is 1. The molecule has 7 N–H and O–H groups in total. The lowest BCUT2D eigenvalue weighted by molar-refractivity contribution is -0.144. The molecular weight excluding hydrogens is 793 g/mol. The molecule has 15 nitrogen and oxygen atoms in total. The number of hydrogen-bond acceptors (Lipinski definition) is 9. The number of urea groups is 1. The molecule has 0 aliphatic heterocycles. The number of Topliss-reactive ketones (excluding diaryl/α,β-unsaturated/α-hetero) is 1. The summed E-state index contributed by atoms with van der Waals surface area (Å²) >= 11 is 0. The van der Waals surface area contributed by atoms with Gasteiger partial charge in [-0.05, 0) is 95.5 Å². The molecule has 15 heteroatoms. The summed E-state index contributed by atoms with van der Waals surface area (Å²) in [5.41, 5.74) is 5.90. The van der Waals surface area contributed by atoms with Crippen LogP contribution in [-0.4, -0.2) is 78.3 Å². The third-order valence-corrected chi connectivity index (χ3v) is 9.87. The molecule has 0 fully saturated rings. The first-order valence-electron chi connectivity index (χ1n) is 21.9. The summed E-state index contributed by atoms with van der Waals surface area (Å²) in [4.78, 5) is 85.7. The van der Waals surface area contributed by atoms with Crippen molar-refractivity contribution in [3.8, 4) is 0 Å². The highest BCUT2D eigenvalue weighted by molar-refractivity contribution is 6.00. The number of benzene rings is 2. The number of nitrogens with one attached hydrogen (secondary N) is 5. The van der Waals surface area contributed by atoms with Gasteiger partial charge in [0, 0.05) is 54.3 Å². The largest absolute Gasteiger partial charge is 0.461 e. The van der Waals surface area contributed by atoms with Crippen molar-refractivity contribution >= 4 is 47.1 Å². The minimum atomic E-state index is -0.838. The Balaban J connectivity index is 0.00000251. The average Bonchev–Trinajstić information content (AvgIpc) is 3.22. The molecule has 0 radical (unpaired) electrons. The predicted molar refractivity (Wildman–Crippen MR) is 242 cm³/mol. The van der Waals surface area contributed by atoms with Crippen LogP contribution < -0.4 is 32.3 Å². The minimum Gasteiger partial charge on any atom is -0.461 e. The predicted octanol–water partition coefficient (Wildman–Crippen LogP) is 6.97. The Morgan fingerprint density at radius 2 is 1.34 bits per heavy atom. The zero-order valence-electron chi connectivity index (χ0n) is 38.8. The standard InChI is InChI=1S/C43H64N4O8.C4H10N2O/c1-10-13-31(14-11-2)39(51)32-17-19-33(20-18-32)40(52)47-42(6,7)25-26-55-43(8,9)24-23-35(48)46-38(29(4)5)41(53)44-27-36(49)45-34-21-15-30(16-22-34)28-54-37(50)12-3;1-2-3-6-4(5)7/h15-22,29,31,38H,10-14,23-28H2,1-9H3,(H,44,53)(H,45,49)(H,46,48)(H,47,52);2-3H2,1H3,(H3,5,6,7). The highest BCUT2D eigenvalue weighted by Crippen LogP contribution is 2.22. The SMILES string of the molecule is CCCC(CCC)C(=O)c1ccc(C(=O)NC(C)(C)CCOC(C)(C)CCC(=O)NC(C(=O)NCC(=O)Nc2ccc(COC(=O)CC)cc2)C(C)C)cc1.CCCNC(N)=O. The van der Waals surface area contributed by atoms with Gasteiger partial charge in [0.25, 0.3) is 5.91 Å². The van der Waals surface area contributed by atoms with Gasteiger partial charge in [0.05, 0.1) is 12.1 Å². The summed E-state index contributed by atoms with van der Waals surface area (Å²) in [6.45, 7) is 20.0. The molecule has 0 aliphatic carbocycles. The van der Waals surface area contributed by atoms with E-state index in [1.54, 1.807) is 55.5 Å². The van der Waals surface area contributed by atoms with Crippen molar-refractivity contribution in [3.05, 3.63) is 65.2 Å². The summed E-state index contributed by atoms with van der Waals surface area (Å²) in [5.74, 6) is -1.84. The Hall–Kier alpha value is -5.31. The van der Waals surface area contributed by atoms with E-state index in [1.165, 1.54) is 0 Å². The van der Waals surface area contributed by atoms with Crippen LogP contribution in [0.3, 0.4) is 0 Å². The Morgan fingerprint density at radius 3 is 1.85 bits per heavy atom. The zero-order chi connectivity index (χ0) is 46.9. The number of nitrogens with two attached hydrogens (primary N) is 1. The Kier molecular flexibility index (Phi) is 25.0. The molecule has 62 heavy (non-hydrogen) atoms. The van der Waals surface area contributed by atoms with Crippen molar-refractivity contribution in [1.82, 2.24) is 21.3 Å². The van der Waals surface area contributed by atoms with E-state index in [2.05, 4.69) is 40.4 Å². The van der Waals surface area contributed by atoms with Gasteiger partial charge in [0.15, 0.2) is 5.78 Å². The monoisotopic (exact) mass is 867 g/mol. The van der Waals surface area contributed by atoms with Crippen molar-refractivity contribution in [2.24, 2.45) is 17.6 Å². The number of anilines is 1. The Bertz CT molecular complexity index is 1720. The smallest absolute Gasteiger partial charge is 0.312 e. The molecule has 6 amide bonds. The van der Waals surface area contributed by atoms with Crippen LogP contribution >= 0.6 is 0 Å². The maximum absolute atomic E-state index is 13.1. The first kappa shape index (κ1) is 54.7. The molecule has 0 bridgehead atoms. The van der Waals surface area contributed by atoms with E-state index in [1.807, 2.05) is 48.5 Å². The quantitative estimate of drug-likeness (QED) is 0.0424. The molecule has 0 heterocycles. The van der Waals surface area contributed by atoms with Gasteiger partial charge in [-0.3, -0.25) is 28.8 Å². The third kappa shape index (κ3) is 22.5. The van der Waals surface area contributed by atoms with Crippen molar-refractivity contribution in [1.29, 1.82) is 0 Å². The fourth-order valence-corrected chi connectivity index (χ4v) is 6.10.